The van der Waals surface area contributed by atoms with Crippen molar-refractivity contribution in [1.29, 1.82) is 0 Å². The lowest BCUT2D eigenvalue weighted by Crippen LogP contribution is -2.42. The number of amides is 2. The molecular weight excluding hydrogens is 292 g/mol. The third-order valence-corrected chi connectivity index (χ3v) is 3.54. The first-order chi connectivity index (χ1) is 11.1. The fourth-order valence-electron chi connectivity index (χ4n) is 2.45. The van der Waals surface area contributed by atoms with E-state index >= 15 is 0 Å². The molecule has 2 amide bonds. The standard InChI is InChI=1S/C17H16N4O2/c1-21-11-14(13-6-2-3-7-15(13)21)17(23)20-19-16(22)9-12-5-4-8-18-10-12/h2-8,10-11H,9H2,1H3,(H,19,22)(H,20,23). The summed E-state index contributed by atoms with van der Waals surface area (Å²) in [5, 5.41) is 0.842. The molecule has 0 saturated heterocycles. The van der Waals surface area contributed by atoms with Crippen molar-refractivity contribution in [2.24, 2.45) is 7.05 Å². The normalized spacial score (nSPS) is 10.5. The van der Waals surface area contributed by atoms with E-state index in [-0.39, 0.29) is 18.2 Å². The van der Waals surface area contributed by atoms with Gasteiger partial charge in [0.1, 0.15) is 0 Å². The Hall–Kier alpha value is -3.15. The maximum atomic E-state index is 12.3. The first-order valence-electron chi connectivity index (χ1n) is 7.17. The highest BCUT2D eigenvalue weighted by Crippen LogP contribution is 2.19. The molecule has 0 aliphatic heterocycles. The van der Waals surface area contributed by atoms with Gasteiger partial charge in [-0.3, -0.25) is 25.4 Å². The van der Waals surface area contributed by atoms with E-state index in [9.17, 15) is 9.59 Å². The van der Waals surface area contributed by atoms with Crippen molar-refractivity contribution in [3.8, 4) is 0 Å². The molecule has 0 aliphatic rings. The Balaban J connectivity index is 1.66. The van der Waals surface area contributed by atoms with Gasteiger partial charge in [-0.15, -0.1) is 0 Å². The fraction of sp³-hybridized carbons (Fsp3) is 0.118. The summed E-state index contributed by atoms with van der Waals surface area (Å²) < 4.78 is 1.88. The Morgan fingerprint density at radius 2 is 1.96 bits per heavy atom. The maximum absolute atomic E-state index is 12.3. The van der Waals surface area contributed by atoms with Crippen LogP contribution in [0.25, 0.3) is 10.9 Å². The average molecular weight is 308 g/mol. The Morgan fingerprint density at radius 1 is 1.13 bits per heavy atom. The highest BCUT2D eigenvalue weighted by atomic mass is 16.2. The van der Waals surface area contributed by atoms with E-state index in [1.165, 1.54) is 0 Å². The van der Waals surface area contributed by atoms with E-state index in [0.717, 1.165) is 16.5 Å². The van der Waals surface area contributed by atoms with Crippen LogP contribution < -0.4 is 10.9 Å². The molecule has 0 spiro atoms. The van der Waals surface area contributed by atoms with E-state index < -0.39 is 0 Å². The first-order valence-corrected chi connectivity index (χ1v) is 7.17. The molecule has 3 aromatic rings. The summed E-state index contributed by atoms with van der Waals surface area (Å²) in [4.78, 5) is 28.1. The number of pyridine rings is 1. The minimum atomic E-state index is -0.346. The van der Waals surface area contributed by atoms with Crippen molar-refractivity contribution in [3.05, 3.63) is 66.1 Å². The number of hydrogen-bond donors (Lipinski definition) is 2. The molecule has 6 heteroatoms. The lowest BCUT2D eigenvalue weighted by molar-refractivity contribution is -0.121. The van der Waals surface area contributed by atoms with Crippen molar-refractivity contribution in [2.75, 3.05) is 0 Å². The molecule has 0 unspecified atom stereocenters. The second-order valence-corrected chi connectivity index (χ2v) is 5.21. The fourth-order valence-corrected chi connectivity index (χ4v) is 2.45. The number of benzene rings is 1. The molecule has 3 rings (SSSR count). The summed E-state index contributed by atoms with van der Waals surface area (Å²) in [5.41, 5.74) is 7.14. The molecule has 1 aromatic carbocycles. The Bertz CT molecular complexity index is 855. The largest absolute Gasteiger partial charge is 0.350 e. The molecule has 0 saturated carbocycles. The van der Waals surface area contributed by atoms with Crippen LogP contribution in [0.1, 0.15) is 15.9 Å². The van der Waals surface area contributed by atoms with E-state index in [0.29, 0.717) is 5.56 Å². The van der Waals surface area contributed by atoms with Crippen molar-refractivity contribution < 1.29 is 9.59 Å². The van der Waals surface area contributed by atoms with Gasteiger partial charge < -0.3 is 4.57 Å². The number of nitrogens with one attached hydrogen (secondary N) is 2. The summed E-state index contributed by atoms with van der Waals surface area (Å²) in [5.74, 6) is -0.645. The molecule has 2 aromatic heterocycles. The third-order valence-electron chi connectivity index (χ3n) is 3.54. The smallest absolute Gasteiger partial charge is 0.271 e. The lowest BCUT2D eigenvalue weighted by Gasteiger charge is -2.06. The molecule has 0 fully saturated rings. The predicted octanol–water partition coefficient (Wildman–Crippen LogP) is 1.58. The molecule has 6 nitrogen and oxygen atoms in total. The molecule has 0 bridgehead atoms. The van der Waals surface area contributed by atoms with Crippen molar-refractivity contribution in [1.82, 2.24) is 20.4 Å². The van der Waals surface area contributed by atoms with Gasteiger partial charge in [0.05, 0.1) is 12.0 Å². The number of hydrazine groups is 1. The average Bonchev–Trinajstić information content (AvgIpc) is 2.91. The number of aromatic nitrogens is 2. The summed E-state index contributed by atoms with van der Waals surface area (Å²) in [6.45, 7) is 0. The molecule has 0 atom stereocenters. The number of nitrogens with zero attached hydrogens (tertiary/aromatic N) is 2. The lowest BCUT2D eigenvalue weighted by atomic mass is 10.2. The van der Waals surface area contributed by atoms with Gasteiger partial charge >= 0.3 is 0 Å². The second-order valence-electron chi connectivity index (χ2n) is 5.21. The molecule has 2 N–H and O–H groups in total. The van der Waals surface area contributed by atoms with Gasteiger partial charge in [0, 0.05) is 36.5 Å². The summed E-state index contributed by atoms with van der Waals surface area (Å²) in [6.07, 6.45) is 5.16. The van der Waals surface area contributed by atoms with Gasteiger partial charge in [0.2, 0.25) is 5.91 Å². The zero-order valence-corrected chi connectivity index (χ0v) is 12.6. The maximum Gasteiger partial charge on any atom is 0.271 e. The van der Waals surface area contributed by atoms with E-state index in [1.54, 1.807) is 30.7 Å². The van der Waals surface area contributed by atoms with E-state index in [4.69, 9.17) is 0 Å². The third kappa shape index (κ3) is 3.21. The summed E-state index contributed by atoms with van der Waals surface area (Å²) in [6, 6.07) is 11.2. The van der Waals surface area contributed by atoms with Crippen LogP contribution >= 0.6 is 0 Å². The van der Waals surface area contributed by atoms with Crippen molar-refractivity contribution >= 4 is 22.7 Å². The van der Waals surface area contributed by atoms with Crippen molar-refractivity contribution in [2.45, 2.75) is 6.42 Å². The SMILES string of the molecule is Cn1cc(C(=O)NNC(=O)Cc2cccnc2)c2ccccc21. The number of aryl methyl sites for hydroxylation is 1. The number of rotatable bonds is 3. The number of fused-ring (bicyclic) bond motifs is 1. The van der Waals surface area contributed by atoms with Gasteiger partial charge in [-0.2, -0.15) is 0 Å². The first kappa shape index (κ1) is 14.8. The zero-order valence-electron chi connectivity index (χ0n) is 12.6. The second kappa shape index (κ2) is 6.31. The molecule has 0 aliphatic carbocycles. The minimum Gasteiger partial charge on any atom is -0.350 e. The van der Waals surface area contributed by atoms with Crippen LogP contribution in [0.15, 0.2) is 55.0 Å². The van der Waals surface area contributed by atoms with E-state index in [1.807, 2.05) is 35.9 Å². The zero-order chi connectivity index (χ0) is 16.2. The van der Waals surface area contributed by atoms with Gasteiger partial charge in [-0.25, -0.2) is 0 Å². The van der Waals surface area contributed by atoms with Crippen LogP contribution in [0.4, 0.5) is 0 Å². The van der Waals surface area contributed by atoms with Gasteiger partial charge in [0.25, 0.3) is 5.91 Å². The van der Waals surface area contributed by atoms with Crippen LogP contribution in [0.2, 0.25) is 0 Å². The Labute approximate surface area is 133 Å². The van der Waals surface area contributed by atoms with Crippen LogP contribution in [0, 0.1) is 0 Å². The molecule has 23 heavy (non-hydrogen) atoms. The van der Waals surface area contributed by atoms with Gasteiger partial charge in [-0.1, -0.05) is 24.3 Å². The predicted molar refractivity (Wildman–Crippen MR) is 86.5 cm³/mol. The van der Waals surface area contributed by atoms with Gasteiger partial charge in [0.15, 0.2) is 0 Å². The quantitative estimate of drug-likeness (QED) is 0.721. The molecule has 116 valence electrons. The monoisotopic (exact) mass is 308 g/mol. The topological polar surface area (TPSA) is 76.0 Å². The highest BCUT2D eigenvalue weighted by Gasteiger charge is 2.14. The van der Waals surface area contributed by atoms with Crippen LogP contribution in [0.3, 0.4) is 0 Å². The van der Waals surface area contributed by atoms with Crippen LogP contribution in [-0.4, -0.2) is 21.4 Å². The summed E-state index contributed by atoms with van der Waals surface area (Å²) in [7, 11) is 1.88. The number of hydrogen-bond acceptors (Lipinski definition) is 3. The molecule has 2 heterocycles. The molecule has 0 radical (unpaired) electrons. The number of para-hydroxylation sites is 1. The van der Waals surface area contributed by atoms with Crippen LogP contribution in [0.5, 0.6) is 0 Å². The number of carbonyl (C=O) groups excluding carboxylic acids is 2. The van der Waals surface area contributed by atoms with Gasteiger partial charge in [-0.05, 0) is 17.7 Å². The number of carbonyl (C=O) groups is 2. The summed E-state index contributed by atoms with van der Waals surface area (Å²) >= 11 is 0. The molecular formula is C17H16N4O2. The minimum absolute atomic E-state index is 0.156. The highest BCUT2D eigenvalue weighted by molar-refractivity contribution is 6.07. The van der Waals surface area contributed by atoms with E-state index in [2.05, 4.69) is 15.8 Å². The Kier molecular flexibility index (Phi) is 4.05. The van der Waals surface area contributed by atoms with Crippen molar-refractivity contribution in [3.63, 3.8) is 0 Å². The Morgan fingerprint density at radius 3 is 2.74 bits per heavy atom. The van der Waals surface area contributed by atoms with Crippen LogP contribution in [-0.2, 0) is 18.3 Å².